The van der Waals surface area contributed by atoms with Gasteiger partial charge in [0.2, 0.25) is 0 Å². The van der Waals surface area contributed by atoms with Crippen LogP contribution in [-0.2, 0) is 77.6 Å². The predicted octanol–water partition coefficient (Wildman–Crippen LogP) is 22.8. The lowest BCUT2D eigenvalue weighted by Gasteiger charge is -2.61. The third-order valence-electron chi connectivity index (χ3n) is 42.7. The monoisotopic (exact) mass is 1730 g/mol. The van der Waals surface area contributed by atoms with Gasteiger partial charge in [0.05, 0.1) is 165 Å². The van der Waals surface area contributed by atoms with E-state index in [9.17, 15) is 15.3 Å². The first kappa shape index (κ1) is 90.0. The van der Waals surface area contributed by atoms with Crippen LogP contribution < -0.4 is 0 Å². The highest BCUT2D eigenvalue weighted by atomic mass is 16.3. The number of fused-ring (bicyclic) bond motifs is 6. The number of quaternary nitrogens is 6. The number of aliphatic hydroxyl groups is 1. The van der Waals surface area contributed by atoms with Gasteiger partial charge in [-0.1, -0.05) is 192 Å². The molecule has 6 aromatic rings. The van der Waals surface area contributed by atoms with Crippen LogP contribution >= 0.6 is 0 Å². The number of piperidine rings is 6. The second-order valence-corrected chi connectivity index (χ2v) is 50.2. The zero-order chi connectivity index (χ0) is 89.0. The Hall–Kier alpha value is -5.88. The van der Waals surface area contributed by atoms with E-state index in [1.165, 1.54) is 351 Å². The third-order valence-corrected chi connectivity index (χ3v) is 42.7. The first-order valence-corrected chi connectivity index (χ1v) is 53.3. The SMILES string of the molecule is C=CC[N@+]1(C)CC[C@@]23CCCCC2C1Cc1ccc(O)cc13.C=CC[N@@+]1(C)CC[C@]23CCCCC2C1Cc1ccc(C)cc13.C[N+]1(C)CC[C@@]23CCCCC2C1Cc1ccc(CO)cc13.C[N+]1(C)CC[C@@]23CCCCC2C1Cc1ccc(O)cc13.Cc1ccc2c(c1)[C@@]13CCCCC1C(C2)[N+](C)(C)CC3.Cc1ccc2c(c1)[C@@]13CCCCC1C(C2)[N@@+](C)(CC1CC1)CC3. The Morgan fingerprint density at radius 3 is 0.859 bits per heavy atom. The molecule has 0 aromatic heterocycles. The van der Waals surface area contributed by atoms with Crippen molar-refractivity contribution in [3.63, 3.8) is 0 Å². The zero-order valence-corrected chi connectivity index (χ0v) is 82.4. The lowest BCUT2D eigenvalue weighted by atomic mass is 9.51. The van der Waals surface area contributed by atoms with E-state index < -0.39 is 0 Å². The molecular formula is C119H172N6O3+6. The second kappa shape index (κ2) is 33.9. The first-order chi connectivity index (χ1) is 61.4. The molecule has 9 nitrogen and oxygen atoms in total. The molecule has 6 saturated heterocycles. The predicted molar refractivity (Wildman–Crippen MR) is 528 cm³/mol. The van der Waals surface area contributed by atoms with E-state index in [1.54, 1.807) is 44.5 Å². The summed E-state index contributed by atoms with van der Waals surface area (Å²) in [6, 6.07) is 46.0. The molecule has 9 heteroatoms. The van der Waals surface area contributed by atoms with Crippen molar-refractivity contribution < 1.29 is 42.2 Å². The number of phenolic OH excluding ortho intramolecular Hbond substituents is 2. The Labute approximate surface area is 776 Å². The van der Waals surface area contributed by atoms with Crippen LogP contribution in [0.3, 0.4) is 0 Å². The van der Waals surface area contributed by atoms with Gasteiger partial charge in [0, 0.05) is 151 Å². The molecule has 12 bridgehead atoms. The molecule has 690 valence electrons. The molecular weight excluding hydrogens is 1560 g/mol. The Kier molecular flexibility index (Phi) is 23.8. The fraction of sp³-hybridized carbons (Fsp3) is 0.664. The summed E-state index contributed by atoms with van der Waals surface area (Å²) in [5.41, 5.74) is 27.7. The number of hydrogen-bond donors (Lipinski definition) is 3. The molecule has 0 radical (unpaired) electrons. The molecule has 128 heavy (non-hydrogen) atoms. The fourth-order valence-corrected chi connectivity index (χ4v) is 35.8. The summed E-state index contributed by atoms with van der Waals surface area (Å²) in [6.07, 6.45) is 57.0. The maximum Gasteiger partial charge on any atom is 0.115 e. The number of likely N-dealkylation sites (tertiary alicyclic amines) is 6. The van der Waals surface area contributed by atoms with Gasteiger partial charge in [-0.3, -0.25) is 0 Å². The Bertz CT molecular complexity index is 4920. The maximum absolute atomic E-state index is 10.0. The standard InChI is InChI=1S/C22H32N.C21H30N.C20H27NO.C19H28NO.C19H28N.C18H25NO/c1-16-6-9-18-14-21-19-5-3-4-10-22(19,20(18)13-16)11-12-23(21,2)15-17-7-8-17;1-4-12-22(3)13-11-21-10-6-5-7-18(21)20(22)15-17-9-8-16(2)14-19(17)21;1-3-11-21(2)12-10-20-9-5-4-6-17(20)19(21)13-15-7-8-16(22)14-18(15)20;1-20(2)10-9-19-8-4-3-5-16(19)18(20)12-15-7-6-14(13-21)11-17(15)19;1-14-7-8-15-13-18-16-6-4-5-9-19(16,17(15)12-14)10-11-20(18,2)3;1-19(2)10-9-18-8-4-3-5-15(18)17(19)11-13-6-7-14(20)12-16(13)18/h6,9,13,17,19,21H,3-5,7-8,10-12,14-15H2,1-2H3;4,8-9,14,18,20H,1,5-7,10-13,15H2,2-3H3;3,7-8,14,17,19H,1,4-6,9-13H2,2H3;6-7,11,16,18,21H,3-5,8-10,12-13H2,1-2H3;7-8,12,16,18H,4-6,9-11,13H2,1-3H3;6-7,12,15,17H,3-5,8-11H2,1-2H3/q2*+1;;2*+1;/p+2/t19?,21?,22-,23-;18?,20?,21-,22+;17?,19?,20-,21+;2*16?,18?,19-;15?,17?,18-/m110010/s1. The van der Waals surface area contributed by atoms with E-state index in [1.807, 2.05) is 12.1 Å². The minimum absolute atomic E-state index is 0.180. The molecule has 19 aliphatic rings. The number of nitrogens with zero attached hydrogens (tertiary/aromatic N) is 6. The summed E-state index contributed by atoms with van der Waals surface area (Å²) >= 11 is 0. The Balaban J connectivity index is 0.0000000965. The van der Waals surface area contributed by atoms with Crippen LogP contribution in [0.25, 0.3) is 0 Å². The smallest absolute Gasteiger partial charge is 0.115 e. The van der Waals surface area contributed by atoms with Crippen LogP contribution in [0.4, 0.5) is 0 Å². The quantitative estimate of drug-likeness (QED) is 0.110. The minimum Gasteiger partial charge on any atom is -0.508 e. The maximum atomic E-state index is 10.0. The van der Waals surface area contributed by atoms with Crippen molar-refractivity contribution >= 4 is 0 Å². The summed E-state index contributed by atoms with van der Waals surface area (Å²) in [4.78, 5) is 0. The van der Waals surface area contributed by atoms with Crippen molar-refractivity contribution in [1.82, 2.24) is 0 Å². The van der Waals surface area contributed by atoms with E-state index in [4.69, 9.17) is 0 Å². The van der Waals surface area contributed by atoms with Crippen molar-refractivity contribution in [2.24, 2.45) is 41.4 Å². The summed E-state index contributed by atoms with van der Waals surface area (Å²) in [5, 5.41) is 29.6. The molecule has 6 aliphatic heterocycles. The molecule has 6 aromatic carbocycles. The lowest BCUT2D eigenvalue weighted by Crippen LogP contribution is -2.68. The highest BCUT2D eigenvalue weighted by Crippen LogP contribution is 2.65. The summed E-state index contributed by atoms with van der Waals surface area (Å²) < 4.78 is 7.42. The normalized spacial score (nSPS) is 39.1. The molecule has 3 N–H and O–H groups in total. The average Bonchev–Trinajstić information content (AvgIpc) is 1.66. The molecule has 0 amide bonds. The largest absolute Gasteiger partial charge is 0.508 e. The van der Waals surface area contributed by atoms with Gasteiger partial charge >= 0.3 is 0 Å². The number of likely N-dealkylation sites (N-methyl/N-ethyl adjacent to an activating group) is 6. The molecule has 12 unspecified atom stereocenters. The van der Waals surface area contributed by atoms with Crippen molar-refractivity contribution in [2.45, 2.75) is 340 Å². The summed E-state index contributed by atoms with van der Waals surface area (Å²) in [7, 11) is 22.2. The number of hydrogen-bond acceptors (Lipinski definition) is 3. The zero-order valence-electron chi connectivity index (χ0n) is 82.4. The van der Waals surface area contributed by atoms with Crippen molar-refractivity contribution in [1.29, 1.82) is 0 Å². The van der Waals surface area contributed by atoms with Crippen LogP contribution in [-0.4, -0.2) is 201 Å². The Morgan fingerprint density at radius 1 is 0.297 bits per heavy atom. The van der Waals surface area contributed by atoms with Gasteiger partial charge in [0.1, 0.15) is 11.5 Å². The molecule has 13 fully saturated rings. The Morgan fingerprint density at radius 2 is 0.555 bits per heavy atom. The second-order valence-electron chi connectivity index (χ2n) is 50.2. The van der Waals surface area contributed by atoms with Crippen molar-refractivity contribution in [3.8, 4) is 11.5 Å². The molecule has 25 rings (SSSR count). The molecule has 0 spiro atoms. The number of aryl methyl sites for hydroxylation is 3. The molecule has 13 aliphatic carbocycles. The summed E-state index contributed by atoms with van der Waals surface area (Å²) in [6.45, 7) is 26.7. The van der Waals surface area contributed by atoms with E-state index in [-0.39, 0.29) is 6.61 Å². The van der Waals surface area contributed by atoms with Crippen molar-refractivity contribution in [2.75, 3.05) is 122 Å². The van der Waals surface area contributed by atoms with E-state index in [2.05, 4.69) is 207 Å². The van der Waals surface area contributed by atoms with Crippen LogP contribution in [0.15, 0.2) is 135 Å². The first-order valence-electron chi connectivity index (χ1n) is 53.3. The van der Waals surface area contributed by atoms with E-state index in [0.717, 1.165) is 101 Å². The van der Waals surface area contributed by atoms with Crippen LogP contribution in [0.1, 0.15) is 294 Å². The molecule has 6 heterocycles. The summed E-state index contributed by atoms with van der Waals surface area (Å²) in [5.74, 6) is 7.23. The highest BCUT2D eigenvalue weighted by molar-refractivity contribution is 5.50. The molecule has 21 atom stereocenters. The van der Waals surface area contributed by atoms with Gasteiger partial charge in [-0.25, -0.2) is 0 Å². The number of phenols is 2. The number of aromatic hydroxyl groups is 2. The number of rotatable bonds is 7. The van der Waals surface area contributed by atoms with Crippen LogP contribution in [0, 0.1) is 62.2 Å². The van der Waals surface area contributed by atoms with Gasteiger partial charge in [-0.05, 0) is 219 Å². The minimum atomic E-state index is 0.180. The third kappa shape index (κ3) is 15.1. The topological polar surface area (TPSA) is 60.7 Å². The number of benzene rings is 6. The van der Waals surface area contributed by atoms with E-state index >= 15 is 0 Å². The van der Waals surface area contributed by atoms with E-state index in [0.29, 0.717) is 44.0 Å². The van der Waals surface area contributed by atoms with Crippen LogP contribution in [0.2, 0.25) is 0 Å². The highest BCUT2D eigenvalue weighted by Gasteiger charge is 2.66. The number of aliphatic hydroxyl groups excluding tert-OH is 1. The van der Waals surface area contributed by atoms with Crippen molar-refractivity contribution in [3.05, 3.63) is 224 Å². The fourth-order valence-electron chi connectivity index (χ4n) is 35.8. The lowest BCUT2D eigenvalue weighted by molar-refractivity contribution is -0.946. The van der Waals surface area contributed by atoms with Gasteiger partial charge in [0.25, 0.3) is 0 Å². The van der Waals surface area contributed by atoms with Gasteiger partial charge in [-0.15, -0.1) is 0 Å². The van der Waals surface area contributed by atoms with Gasteiger partial charge in [-0.2, -0.15) is 0 Å². The average molecular weight is 1730 g/mol. The van der Waals surface area contributed by atoms with Gasteiger partial charge < -0.3 is 42.2 Å². The molecule has 7 saturated carbocycles. The van der Waals surface area contributed by atoms with Gasteiger partial charge in [0.15, 0.2) is 0 Å². The van der Waals surface area contributed by atoms with Crippen LogP contribution in [0.5, 0.6) is 11.5 Å².